The van der Waals surface area contributed by atoms with Crippen molar-refractivity contribution in [3.63, 3.8) is 0 Å². The first-order valence-corrected chi connectivity index (χ1v) is 16.0. The molecule has 10 heteroatoms. The Labute approximate surface area is 252 Å². The quantitative estimate of drug-likeness (QED) is 0.282. The van der Waals surface area contributed by atoms with Gasteiger partial charge in [0.05, 0.1) is 20.6 Å². The summed E-state index contributed by atoms with van der Waals surface area (Å²) in [5.74, 6) is -0.747. The van der Waals surface area contributed by atoms with Gasteiger partial charge in [-0.15, -0.1) is 0 Å². The molecule has 0 heterocycles. The Bertz CT molecular complexity index is 1430. The average Bonchev–Trinajstić information content (AvgIpc) is 2.98. The fourth-order valence-corrected chi connectivity index (χ4v) is 6.75. The predicted octanol–water partition coefficient (Wildman–Crippen LogP) is 6.10. The molecule has 218 valence electrons. The van der Waals surface area contributed by atoms with Crippen LogP contribution in [-0.2, 0) is 26.0 Å². The van der Waals surface area contributed by atoms with Crippen LogP contribution in [0.2, 0.25) is 10.0 Å². The van der Waals surface area contributed by atoms with Gasteiger partial charge in [0.15, 0.2) is 0 Å². The number of carbonyl (C=O) groups is 2. The molecule has 3 aromatic carbocycles. The van der Waals surface area contributed by atoms with Crippen molar-refractivity contribution in [2.24, 2.45) is 0 Å². The first-order chi connectivity index (χ1) is 19.7. The lowest BCUT2D eigenvalue weighted by Gasteiger charge is -2.33. The minimum Gasteiger partial charge on any atom is -0.352 e. The normalized spacial score (nSPS) is 14.7. The summed E-state index contributed by atoms with van der Waals surface area (Å²) in [5, 5.41) is 3.53. The van der Waals surface area contributed by atoms with Crippen LogP contribution in [0.15, 0.2) is 83.8 Å². The number of nitrogens with zero attached hydrogens (tertiary/aromatic N) is 2. The van der Waals surface area contributed by atoms with Gasteiger partial charge in [-0.05, 0) is 62.1 Å². The molecule has 1 saturated carbocycles. The summed E-state index contributed by atoms with van der Waals surface area (Å²) in [6.45, 7) is 1.41. The summed E-state index contributed by atoms with van der Waals surface area (Å²) in [7, 11) is -4.16. The third kappa shape index (κ3) is 8.03. The van der Waals surface area contributed by atoms with Crippen LogP contribution in [-0.4, -0.2) is 50.3 Å². The molecule has 0 aromatic heterocycles. The molecule has 1 atom stereocenters. The summed E-state index contributed by atoms with van der Waals surface area (Å²) in [6.07, 6.45) is 5.61. The van der Waals surface area contributed by atoms with Crippen LogP contribution in [0, 0.1) is 0 Å². The van der Waals surface area contributed by atoms with Crippen molar-refractivity contribution in [3.05, 3.63) is 94.5 Å². The SMILES string of the molecule is C[C@H](C(=O)NC1CCCCC1)N(CCc1ccccc1)C(=O)CN(c1ccc(Cl)c(Cl)c1)S(=O)(=O)c1ccccc1. The van der Waals surface area contributed by atoms with Crippen LogP contribution < -0.4 is 9.62 Å². The smallest absolute Gasteiger partial charge is 0.264 e. The Kier molecular flexibility index (Phi) is 10.7. The molecule has 0 radical (unpaired) electrons. The van der Waals surface area contributed by atoms with Crippen molar-refractivity contribution in [3.8, 4) is 0 Å². The summed E-state index contributed by atoms with van der Waals surface area (Å²) in [6, 6.07) is 21.2. The van der Waals surface area contributed by atoms with E-state index in [-0.39, 0.29) is 39.1 Å². The number of amides is 2. The maximum absolute atomic E-state index is 14.0. The number of sulfonamides is 1. The van der Waals surface area contributed by atoms with E-state index in [0.717, 1.165) is 42.0 Å². The molecule has 1 aliphatic rings. The Balaban J connectivity index is 1.64. The molecule has 1 aliphatic carbocycles. The lowest BCUT2D eigenvalue weighted by atomic mass is 9.95. The predicted molar refractivity (Wildman–Crippen MR) is 164 cm³/mol. The molecule has 0 unspecified atom stereocenters. The summed E-state index contributed by atoms with van der Waals surface area (Å²) in [5.41, 5.74) is 1.20. The minimum absolute atomic E-state index is 0.0257. The van der Waals surface area contributed by atoms with Gasteiger partial charge in [-0.3, -0.25) is 13.9 Å². The standard InChI is InChI=1S/C31H35Cl2N3O4S/c1-23(31(38)34-25-13-7-3-8-14-25)35(20-19-24-11-5-2-6-12-24)30(37)22-36(26-17-18-28(32)29(33)21-26)41(39,40)27-15-9-4-10-16-27/h2,4-6,9-12,15-18,21,23,25H,3,7-8,13-14,19-20,22H2,1H3,(H,34,38)/t23-/m1/s1. The van der Waals surface area contributed by atoms with Gasteiger partial charge >= 0.3 is 0 Å². The minimum atomic E-state index is -4.16. The highest BCUT2D eigenvalue weighted by Crippen LogP contribution is 2.31. The van der Waals surface area contributed by atoms with Gasteiger partial charge in [0, 0.05) is 12.6 Å². The lowest BCUT2D eigenvalue weighted by Crippen LogP contribution is -2.53. The van der Waals surface area contributed by atoms with Crippen molar-refractivity contribution in [1.29, 1.82) is 0 Å². The number of carbonyl (C=O) groups excluding carboxylic acids is 2. The molecule has 1 N–H and O–H groups in total. The van der Waals surface area contributed by atoms with E-state index in [9.17, 15) is 18.0 Å². The van der Waals surface area contributed by atoms with E-state index in [1.165, 1.54) is 35.2 Å². The van der Waals surface area contributed by atoms with Gasteiger partial charge in [-0.25, -0.2) is 8.42 Å². The van der Waals surface area contributed by atoms with Crippen LogP contribution in [0.5, 0.6) is 0 Å². The molecular formula is C31H35Cl2N3O4S. The Morgan fingerprint density at radius 1 is 0.902 bits per heavy atom. The number of benzene rings is 3. The highest BCUT2D eigenvalue weighted by molar-refractivity contribution is 7.92. The molecule has 1 fully saturated rings. The largest absolute Gasteiger partial charge is 0.352 e. The second-order valence-corrected chi connectivity index (χ2v) is 12.9. The number of anilines is 1. The summed E-state index contributed by atoms with van der Waals surface area (Å²) < 4.78 is 28.7. The van der Waals surface area contributed by atoms with Crippen LogP contribution in [0.3, 0.4) is 0 Å². The number of hydrogen-bond acceptors (Lipinski definition) is 4. The van der Waals surface area contributed by atoms with E-state index in [0.29, 0.717) is 6.42 Å². The van der Waals surface area contributed by atoms with Crippen LogP contribution in [0.25, 0.3) is 0 Å². The molecule has 4 rings (SSSR count). The zero-order chi connectivity index (χ0) is 29.4. The molecule has 0 aliphatic heterocycles. The van der Waals surface area contributed by atoms with Gasteiger partial charge in [0.1, 0.15) is 12.6 Å². The van der Waals surface area contributed by atoms with E-state index in [1.807, 2.05) is 30.3 Å². The second kappa shape index (κ2) is 14.2. The average molecular weight is 617 g/mol. The third-order valence-corrected chi connectivity index (χ3v) is 9.93. The van der Waals surface area contributed by atoms with E-state index in [1.54, 1.807) is 25.1 Å². The monoisotopic (exact) mass is 615 g/mol. The van der Waals surface area contributed by atoms with Crippen molar-refractivity contribution >= 4 is 50.7 Å². The molecule has 0 spiro atoms. The zero-order valence-corrected chi connectivity index (χ0v) is 25.3. The molecular weight excluding hydrogens is 581 g/mol. The van der Waals surface area contributed by atoms with Crippen molar-refractivity contribution < 1.29 is 18.0 Å². The first-order valence-electron chi connectivity index (χ1n) is 13.8. The number of halogens is 2. The van der Waals surface area contributed by atoms with Crippen LogP contribution in [0.4, 0.5) is 5.69 Å². The van der Waals surface area contributed by atoms with E-state index in [2.05, 4.69) is 5.32 Å². The Morgan fingerprint density at radius 3 is 2.17 bits per heavy atom. The van der Waals surface area contributed by atoms with E-state index >= 15 is 0 Å². The lowest BCUT2D eigenvalue weighted by molar-refractivity contribution is -0.139. The van der Waals surface area contributed by atoms with Crippen LogP contribution in [0.1, 0.15) is 44.6 Å². The topological polar surface area (TPSA) is 86.8 Å². The number of nitrogens with one attached hydrogen (secondary N) is 1. The number of hydrogen-bond donors (Lipinski definition) is 1. The first kappa shape index (κ1) is 30.9. The number of rotatable bonds is 11. The molecule has 7 nitrogen and oxygen atoms in total. The van der Waals surface area contributed by atoms with Gasteiger partial charge in [-0.2, -0.15) is 0 Å². The van der Waals surface area contributed by atoms with Gasteiger partial charge in [0.25, 0.3) is 10.0 Å². The second-order valence-electron chi connectivity index (χ2n) is 10.3. The maximum Gasteiger partial charge on any atom is 0.264 e. The Hall–Kier alpha value is -3.07. The van der Waals surface area contributed by atoms with Crippen molar-refractivity contribution in [2.45, 2.75) is 62.4 Å². The fourth-order valence-electron chi connectivity index (χ4n) is 5.03. The molecule has 41 heavy (non-hydrogen) atoms. The van der Waals surface area contributed by atoms with E-state index in [4.69, 9.17) is 23.2 Å². The highest BCUT2D eigenvalue weighted by Gasteiger charge is 2.33. The molecule has 3 aromatic rings. The molecule has 0 bridgehead atoms. The van der Waals surface area contributed by atoms with Crippen molar-refractivity contribution in [1.82, 2.24) is 10.2 Å². The molecule has 2 amide bonds. The van der Waals surface area contributed by atoms with Crippen molar-refractivity contribution in [2.75, 3.05) is 17.4 Å². The maximum atomic E-state index is 14.0. The van der Waals surface area contributed by atoms with Gasteiger partial charge in [-0.1, -0.05) is 91.0 Å². The molecule has 0 saturated heterocycles. The summed E-state index contributed by atoms with van der Waals surface area (Å²) >= 11 is 12.4. The van der Waals surface area contributed by atoms with Gasteiger partial charge in [0.2, 0.25) is 11.8 Å². The van der Waals surface area contributed by atoms with Crippen LogP contribution >= 0.6 is 23.2 Å². The zero-order valence-electron chi connectivity index (χ0n) is 23.0. The Morgan fingerprint density at radius 2 is 1.54 bits per heavy atom. The summed E-state index contributed by atoms with van der Waals surface area (Å²) in [4.78, 5) is 28.8. The highest BCUT2D eigenvalue weighted by atomic mass is 35.5. The third-order valence-electron chi connectivity index (χ3n) is 7.40. The fraction of sp³-hybridized carbons (Fsp3) is 0.355. The van der Waals surface area contributed by atoms with E-state index < -0.39 is 28.5 Å². The van der Waals surface area contributed by atoms with Gasteiger partial charge < -0.3 is 10.2 Å².